The molecule has 2 atom stereocenters. The average Bonchev–Trinajstić information content (AvgIpc) is 2.80. The molecule has 174 valence electrons. The molecule has 2 aromatic carbocycles. The molecular weight excluding hydrogens is 446 g/mol. The summed E-state index contributed by atoms with van der Waals surface area (Å²) in [7, 11) is -4.03. The topological polar surface area (TPSA) is 125 Å². The molecule has 0 radical (unpaired) electrons. The van der Waals surface area contributed by atoms with E-state index in [-0.39, 0.29) is 24.0 Å². The first-order valence-corrected chi connectivity index (χ1v) is 12.0. The van der Waals surface area contributed by atoms with E-state index in [0.29, 0.717) is 24.3 Å². The van der Waals surface area contributed by atoms with Crippen LogP contribution in [0.5, 0.6) is 5.75 Å². The maximum atomic E-state index is 13.2. The Hall–Kier alpha value is -3.37. The molecule has 0 spiro atoms. The largest absolute Gasteiger partial charge is 0.493 e. The Bertz CT molecular complexity index is 1190. The van der Waals surface area contributed by atoms with Crippen molar-refractivity contribution in [2.75, 3.05) is 6.61 Å². The lowest BCUT2D eigenvalue weighted by Crippen LogP contribution is -2.51. The smallest absolute Gasteiger partial charge is 0.264 e. The number of hydrogen-bond donors (Lipinski definition) is 3. The van der Waals surface area contributed by atoms with Crippen molar-refractivity contribution in [2.45, 2.75) is 43.4 Å². The van der Waals surface area contributed by atoms with Gasteiger partial charge in [-0.15, -0.1) is 0 Å². The third kappa shape index (κ3) is 4.71. The lowest BCUT2D eigenvalue weighted by atomic mass is 9.98. The molecule has 4 rings (SSSR count). The van der Waals surface area contributed by atoms with E-state index in [1.165, 1.54) is 24.5 Å². The zero-order valence-electron chi connectivity index (χ0n) is 18.0. The van der Waals surface area contributed by atoms with Crippen molar-refractivity contribution < 1.29 is 27.9 Å². The average molecular weight is 472 g/mol. The second-order valence-electron chi connectivity index (χ2n) is 7.98. The van der Waals surface area contributed by atoms with E-state index >= 15 is 0 Å². The Balaban J connectivity index is 1.52. The van der Waals surface area contributed by atoms with Gasteiger partial charge in [0, 0.05) is 24.4 Å². The highest BCUT2D eigenvalue weighted by molar-refractivity contribution is 7.89. The fourth-order valence-corrected chi connectivity index (χ4v) is 5.33. The SMILES string of the molecule is Cc1ccc(S(=O)(=O)N2C=CNC(=O)[C@H]2CC(=O)N[C@@H]2CCOc3cc(CO)ccc32)cc1. The molecule has 2 heterocycles. The Morgan fingerprint density at radius 1 is 1.24 bits per heavy atom. The molecule has 9 nitrogen and oxygen atoms in total. The number of nitrogens with zero attached hydrogens (tertiary/aromatic N) is 1. The molecule has 0 saturated carbocycles. The number of amides is 2. The molecule has 2 amide bonds. The van der Waals surface area contributed by atoms with Gasteiger partial charge in [0.1, 0.15) is 11.8 Å². The first-order chi connectivity index (χ1) is 15.8. The number of benzene rings is 2. The number of sulfonamides is 1. The van der Waals surface area contributed by atoms with Gasteiger partial charge in [-0.3, -0.25) is 13.9 Å². The molecule has 2 aromatic rings. The van der Waals surface area contributed by atoms with Crippen LogP contribution in [0.2, 0.25) is 0 Å². The minimum Gasteiger partial charge on any atom is -0.493 e. The van der Waals surface area contributed by atoms with Gasteiger partial charge in [0.05, 0.1) is 30.6 Å². The van der Waals surface area contributed by atoms with Crippen LogP contribution in [-0.2, 0) is 26.2 Å². The number of aryl methyl sites for hydroxylation is 1. The van der Waals surface area contributed by atoms with Crippen LogP contribution in [0.3, 0.4) is 0 Å². The van der Waals surface area contributed by atoms with E-state index < -0.39 is 27.9 Å². The Morgan fingerprint density at radius 3 is 2.73 bits per heavy atom. The summed E-state index contributed by atoms with van der Waals surface area (Å²) < 4.78 is 32.9. The normalized spacial score (nSPS) is 19.9. The molecule has 0 saturated heterocycles. The van der Waals surface area contributed by atoms with Crippen molar-refractivity contribution in [2.24, 2.45) is 0 Å². The number of rotatable bonds is 6. The Kier molecular flexibility index (Phi) is 6.39. The first kappa shape index (κ1) is 22.8. The summed E-state index contributed by atoms with van der Waals surface area (Å²) in [5.41, 5.74) is 2.37. The summed E-state index contributed by atoms with van der Waals surface area (Å²) in [6, 6.07) is 9.99. The van der Waals surface area contributed by atoms with Crippen molar-refractivity contribution >= 4 is 21.8 Å². The van der Waals surface area contributed by atoms with Gasteiger partial charge in [0.15, 0.2) is 0 Å². The summed E-state index contributed by atoms with van der Waals surface area (Å²) in [6.45, 7) is 2.10. The van der Waals surface area contributed by atoms with Gasteiger partial charge in [0.25, 0.3) is 10.0 Å². The quantitative estimate of drug-likeness (QED) is 0.586. The van der Waals surface area contributed by atoms with Crippen molar-refractivity contribution in [1.29, 1.82) is 0 Å². The Labute approximate surface area is 192 Å². The van der Waals surface area contributed by atoms with Crippen molar-refractivity contribution in [3.63, 3.8) is 0 Å². The third-order valence-electron chi connectivity index (χ3n) is 5.67. The standard InChI is InChI=1S/C23H25N3O6S/c1-15-2-5-17(6-3-15)33(30,31)26-10-9-24-23(29)20(26)13-22(28)25-19-8-11-32-21-12-16(14-27)4-7-18(19)21/h2-7,9-10,12,19-20,27H,8,11,13-14H2,1H3,(H,24,29)(H,25,28)/t19-,20-/m1/s1. The van der Waals surface area contributed by atoms with Crippen molar-refractivity contribution in [3.8, 4) is 5.75 Å². The van der Waals surface area contributed by atoms with Gasteiger partial charge < -0.3 is 20.5 Å². The molecule has 0 unspecified atom stereocenters. The summed E-state index contributed by atoms with van der Waals surface area (Å²) >= 11 is 0. The van der Waals surface area contributed by atoms with E-state index in [0.717, 1.165) is 15.4 Å². The minimum absolute atomic E-state index is 0.0379. The van der Waals surface area contributed by atoms with Crippen molar-refractivity contribution in [1.82, 2.24) is 14.9 Å². The minimum atomic E-state index is -4.03. The van der Waals surface area contributed by atoms with Crippen LogP contribution >= 0.6 is 0 Å². The molecule has 3 N–H and O–H groups in total. The van der Waals surface area contributed by atoms with Crippen molar-refractivity contribution in [3.05, 3.63) is 71.6 Å². The number of nitrogens with one attached hydrogen (secondary N) is 2. The predicted octanol–water partition coefficient (Wildman–Crippen LogP) is 1.48. The lowest BCUT2D eigenvalue weighted by molar-refractivity contribution is -0.129. The van der Waals surface area contributed by atoms with Gasteiger partial charge in [-0.1, -0.05) is 29.8 Å². The van der Waals surface area contributed by atoms with Gasteiger partial charge >= 0.3 is 0 Å². The first-order valence-electron chi connectivity index (χ1n) is 10.5. The third-order valence-corrected chi connectivity index (χ3v) is 7.47. The molecule has 0 fully saturated rings. The van der Waals surface area contributed by atoms with Crippen LogP contribution < -0.4 is 15.4 Å². The van der Waals surface area contributed by atoms with Gasteiger partial charge in [-0.25, -0.2) is 8.42 Å². The fourth-order valence-electron chi connectivity index (χ4n) is 3.88. The lowest BCUT2D eigenvalue weighted by Gasteiger charge is -2.32. The van der Waals surface area contributed by atoms with Crippen LogP contribution in [0.1, 0.15) is 35.6 Å². The van der Waals surface area contributed by atoms with E-state index in [4.69, 9.17) is 4.74 Å². The van der Waals surface area contributed by atoms with Crippen LogP contribution in [-0.4, -0.2) is 42.3 Å². The number of fused-ring (bicyclic) bond motifs is 1. The molecule has 2 aliphatic heterocycles. The maximum absolute atomic E-state index is 13.2. The number of carbonyl (C=O) groups excluding carboxylic acids is 2. The molecule has 10 heteroatoms. The Morgan fingerprint density at radius 2 is 2.00 bits per heavy atom. The molecule has 0 bridgehead atoms. The number of carbonyl (C=O) groups is 2. The molecule has 33 heavy (non-hydrogen) atoms. The second kappa shape index (κ2) is 9.24. The predicted molar refractivity (Wildman–Crippen MR) is 119 cm³/mol. The monoisotopic (exact) mass is 471 g/mol. The van der Waals surface area contributed by atoms with Gasteiger partial charge in [-0.05, 0) is 30.7 Å². The maximum Gasteiger partial charge on any atom is 0.264 e. The second-order valence-corrected chi connectivity index (χ2v) is 9.82. The zero-order chi connectivity index (χ0) is 23.6. The summed E-state index contributed by atoms with van der Waals surface area (Å²) in [5, 5.41) is 14.7. The van der Waals surface area contributed by atoms with Crippen LogP contribution in [0.25, 0.3) is 0 Å². The van der Waals surface area contributed by atoms with E-state index in [9.17, 15) is 23.1 Å². The van der Waals surface area contributed by atoms with E-state index in [1.807, 2.05) is 6.92 Å². The van der Waals surface area contributed by atoms with Crippen LogP contribution in [0, 0.1) is 6.92 Å². The van der Waals surface area contributed by atoms with E-state index in [2.05, 4.69) is 10.6 Å². The molecule has 0 aliphatic carbocycles. The molecule has 2 aliphatic rings. The number of aliphatic hydroxyl groups excluding tert-OH is 1. The van der Waals surface area contributed by atoms with E-state index in [1.54, 1.807) is 30.3 Å². The van der Waals surface area contributed by atoms with Gasteiger partial charge in [-0.2, -0.15) is 0 Å². The number of aliphatic hydroxyl groups is 1. The highest BCUT2D eigenvalue weighted by atomic mass is 32.2. The number of ether oxygens (including phenoxy) is 1. The highest BCUT2D eigenvalue weighted by Gasteiger charge is 2.37. The summed E-state index contributed by atoms with van der Waals surface area (Å²) in [4.78, 5) is 25.5. The molecular formula is C23H25N3O6S. The fraction of sp³-hybridized carbons (Fsp3) is 0.304. The zero-order valence-corrected chi connectivity index (χ0v) is 18.8. The highest BCUT2D eigenvalue weighted by Crippen LogP contribution is 2.33. The molecule has 0 aromatic heterocycles. The summed E-state index contributed by atoms with van der Waals surface area (Å²) in [5.74, 6) is -0.457. The van der Waals surface area contributed by atoms with Gasteiger partial charge in [0.2, 0.25) is 11.8 Å². The van der Waals surface area contributed by atoms with Crippen LogP contribution in [0.4, 0.5) is 0 Å². The summed E-state index contributed by atoms with van der Waals surface area (Å²) in [6.07, 6.45) is 2.69. The van der Waals surface area contributed by atoms with Crippen LogP contribution in [0.15, 0.2) is 59.8 Å². The number of hydrogen-bond acceptors (Lipinski definition) is 6.